The highest BCUT2D eigenvalue weighted by molar-refractivity contribution is 5.86. The average Bonchev–Trinajstić information content (AvgIpc) is 2.94. The Morgan fingerprint density at radius 3 is 3.00 bits per heavy atom. The molecule has 1 saturated heterocycles. The fourth-order valence-corrected chi connectivity index (χ4v) is 3.74. The largest absolute Gasteiger partial charge is 0.304 e. The first-order valence-corrected chi connectivity index (χ1v) is 8.06. The van der Waals surface area contributed by atoms with Gasteiger partial charge in [0, 0.05) is 25.2 Å². The molecular weight excluding hydrogens is 250 g/mol. The van der Waals surface area contributed by atoms with E-state index in [2.05, 4.69) is 17.3 Å². The molecule has 20 heavy (non-hydrogen) atoms. The molecule has 4 nitrogen and oxygen atoms in total. The van der Waals surface area contributed by atoms with E-state index in [1.165, 1.54) is 32.1 Å². The Balaban J connectivity index is 1.57. The fraction of sp³-hybridized carbons (Fsp3) is 0.750. The Kier molecular flexibility index (Phi) is 4.20. The van der Waals surface area contributed by atoms with Gasteiger partial charge in [0.2, 0.25) is 0 Å². The number of hydrogen-bond donors (Lipinski definition) is 1. The van der Waals surface area contributed by atoms with E-state index in [4.69, 9.17) is 0 Å². The number of carbonyl (C=O) groups is 1. The number of aryl methyl sites for hydroxylation is 1. The van der Waals surface area contributed by atoms with E-state index in [9.17, 15) is 4.79 Å². The third-order valence-electron chi connectivity index (χ3n) is 4.93. The van der Waals surface area contributed by atoms with Crippen LogP contribution in [0.25, 0.3) is 0 Å². The minimum atomic E-state index is 0.0688. The van der Waals surface area contributed by atoms with Crippen molar-refractivity contribution in [3.05, 3.63) is 18.0 Å². The molecule has 1 aromatic rings. The van der Waals surface area contributed by atoms with Gasteiger partial charge in [0.25, 0.3) is 0 Å². The molecule has 1 aliphatic heterocycles. The van der Waals surface area contributed by atoms with Crippen LogP contribution in [0.15, 0.2) is 12.4 Å². The highest BCUT2D eigenvalue weighted by Gasteiger charge is 2.34. The molecule has 3 rings (SSSR count). The summed E-state index contributed by atoms with van der Waals surface area (Å²) in [5.74, 6) is 1.15. The Hall–Kier alpha value is -1.16. The minimum absolute atomic E-state index is 0.0688. The number of fused-ring (bicyclic) bond motifs is 1. The summed E-state index contributed by atoms with van der Waals surface area (Å²) in [6.45, 7) is 2.92. The van der Waals surface area contributed by atoms with Crippen molar-refractivity contribution >= 4 is 5.78 Å². The van der Waals surface area contributed by atoms with Crippen molar-refractivity contribution in [2.45, 2.75) is 70.5 Å². The second-order valence-electron chi connectivity index (χ2n) is 6.29. The Labute approximate surface area is 120 Å². The van der Waals surface area contributed by atoms with Gasteiger partial charge in [-0.25, -0.2) is 0 Å². The number of hydrogen-bond acceptors (Lipinski definition) is 3. The summed E-state index contributed by atoms with van der Waals surface area (Å²) in [6.07, 6.45) is 11.9. The summed E-state index contributed by atoms with van der Waals surface area (Å²) in [5, 5.41) is 7.86. The first kappa shape index (κ1) is 13.8. The van der Waals surface area contributed by atoms with Crippen molar-refractivity contribution < 1.29 is 4.79 Å². The standard InChI is InChI=1S/C16H25N3O/c1-2-19-11-12(10-17-19)9-16(20)15-8-7-13-5-3-4-6-14(13)18-15/h10-11,13-15,18H,2-9H2,1H3. The van der Waals surface area contributed by atoms with E-state index in [0.29, 0.717) is 18.2 Å². The summed E-state index contributed by atoms with van der Waals surface area (Å²) in [5.41, 5.74) is 1.05. The molecule has 4 heteroatoms. The molecule has 0 spiro atoms. The molecule has 3 unspecified atom stereocenters. The lowest BCUT2D eigenvalue weighted by Gasteiger charge is -2.40. The number of ketones is 1. The molecule has 0 aromatic carbocycles. The highest BCUT2D eigenvalue weighted by atomic mass is 16.1. The van der Waals surface area contributed by atoms with Crippen LogP contribution in [-0.4, -0.2) is 27.6 Å². The fourth-order valence-electron chi connectivity index (χ4n) is 3.74. The highest BCUT2D eigenvalue weighted by Crippen LogP contribution is 2.32. The molecular formula is C16H25N3O. The van der Waals surface area contributed by atoms with Gasteiger partial charge in [-0.05, 0) is 44.1 Å². The van der Waals surface area contributed by atoms with Crippen molar-refractivity contribution in [1.82, 2.24) is 15.1 Å². The van der Waals surface area contributed by atoms with Crippen LogP contribution in [0.3, 0.4) is 0 Å². The summed E-state index contributed by atoms with van der Waals surface area (Å²) in [7, 11) is 0. The van der Waals surface area contributed by atoms with Crippen LogP contribution in [-0.2, 0) is 17.8 Å². The Morgan fingerprint density at radius 2 is 2.20 bits per heavy atom. The maximum absolute atomic E-state index is 12.4. The van der Waals surface area contributed by atoms with Gasteiger partial charge in [-0.2, -0.15) is 5.10 Å². The summed E-state index contributed by atoms with van der Waals surface area (Å²) < 4.78 is 1.88. The maximum atomic E-state index is 12.4. The lowest BCUT2D eigenvalue weighted by molar-refractivity contribution is -0.121. The SMILES string of the molecule is CCn1cc(CC(=O)C2CCC3CCCCC3N2)cn1. The number of nitrogens with zero attached hydrogens (tertiary/aromatic N) is 2. The number of Topliss-reactive ketones (excluding diaryl/α,β-unsaturated/α-hetero) is 1. The van der Waals surface area contributed by atoms with Gasteiger partial charge in [0.15, 0.2) is 5.78 Å². The van der Waals surface area contributed by atoms with Crippen LogP contribution < -0.4 is 5.32 Å². The van der Waals surface area contributed by atoms with E-state index < -0.39 is 0 Å². The van der Waals surface area contributed by atoms with Crippen molar-refractivity contribution in [2.75, 3.05) is 0 Å². The zero-order chi connectivity index (χ0) is 13.9. The van der Waals surface area contributed by atoms with Gasteiger partial charge < -0.3 is 5.32 Å². The quantitative estimate of drug-likeness (QED) is 0.917. The van der Waals surface area contributed by atoms with Crippen LogP contribution in [0.5, 0.6) is 0 Å². The summed E-state index contributed by atoms with van der Waals surface area (Å²) >= 11 is 0. The lowest BCUT2D eigenvalue weighted by atomic mass is 9.77. The van der Waals surface area contributed by atoms with Crippen molar-refractivity contribution in [1.29, 1.82) is 0 Å². The molecule has 110 valence electrons. The van der Waals surface area contributed by atoms with Crippen LogP contribution in [0.1, 0.15) is 51.0 Å². The molecule has 0 radical (unpaired) electrons. The monoisotopic (exact) mass is 275 g/mol. The van der Waals surface area contributed by atoms with Gasteiger partial charge in [-0.15, -0.1) is 0 Å². The Bertz CT molecular complexity index is 468. The zero-order valence-electron chi connectivity index (χ0n) is 12.3. The van der Waals surface area contributed by atoms with Crippen LogP contribution in [0.2, 0.25) is 0 Å². The predicted octanol–water partition coefficient (Wildman–Crippen LogP) is 2.33. The molecule has 1 saturated carbocycles. The third-order valence-corrected chi connectivity index (χ3v) is 4.93. The van der Waals surface area contributed by atoms with E-state index in [1.54, 1.807) is 0 Å². The normalized spacial score (nSPS) is 29.9. The summed E-state index contributed by atoms with van der Waals surface area (Å²) in [4.78, 5) is 12.4. The van der Waals surface area contributed by atoms with E-state index in [1.807, 2.05) is 17.1 Å². The second-order valence-corrected chi connectivity index (χ2v) is 6.29. The topological polar surface area (TPSA) is 46.9 Å². The molecule has 3 atom stereocenters. The first-order valence-electron chi connectivity index (χ1n) is 8.06. The smallest absolute Gasteiger partial charge is 0.154 e. The van der Waals surface area contributed by atoms with Gasteiger partial charge >= 0.3 is 0 Å². The summed E-state index contributed by atoms with van der Waals surface area (Å²) in [6, 6.07) is 0.657. The molecule has 2 heterocycles. The van der Waals surface area contributed by atoms with Crippen LogP contribution in [0, 0.1) is 5.92 Å². The average molecular weight is 275 g/mol. The molecule has 1 N–H and O–H groups in total. The number of carbonyl (C=O) groups excluding carboxylic acids is 1. The number of nitrogens with one attached hydrogen (secondary N) is 1. The molecule has 1 aliphatic carbocycles. The second kappa shape index (κ2) is 6.08. The predicted molar refractivity (Wildman–Crippen MR) is 78.5 cm³/mol. The number of aromatic nitrogens is 2. The number of rotatable bonds is 4. The zero-order valence-corrected chi connectivity index (χ0v) is 12.3. The molecule has 2 aliphatic rings. The molecule has 0 bridgehead atoms. The molecule has 1 aromatic heterocycles. The van der Waals surface area contributed by atoms with Gasteiger partial charge in [0.1, 0.15) is 0 Å². The van der Waals surface area contributed by atoms with Gasteiger partial charge in [-0.1, -0.05) is 12.8 Å². The lowest BCUT2D eigenvalue weighted by Crippen LogP contribution is -2.52. The minimum Gasteiger partial charge on any atom is -0.304 e. The van der Waals surface area contributed by atoms with Crippen molar-refractivity contribution in [3.8, 4) is 0 Å². The van der Waals surface area contributed by atoms with Gasteiger partial charge in [-0.3, -0.25) is 9.48 Å². The molecule has 0 amide bonds. The number of piperidine rings is 1. The van der Waals surface area contributed by atoms with E-state index in [0.717, 1.165) is 24.4 Å². The van der Waals surface area contributed by atoms with Crippen LogP contribution in [0.4, 0.5) is 0 Å². The van der Waals surface area contributed by atoms with Crippen LogP contribution >= 0.6 is 0 Å². The van der Waals surface area contributed by atoms with E-state index >= 15 is 0 Å². The molecule has 2 fully saturated rings. The van der Waals surface area contributed by atoms with Gasteiger partial charge in [0.05, 0.1) is 12.2 Å². The van der Waals surface area contributed by atoms with Crippen molar-refractivity contribution in [3.63, 3.8) is 0 Å². The Morgan fingerprint density at radius 1 is 1.35 bits per heavy atom. The first-order chi connectivity index (χ1) is 9.76. The maximum Gasteiger partial charge on any atom is 0.154 e. The third kappa shape index (κ3) is 2.95. The van der Waals surface area contributed by atoms with Crippen molar-refractivity contribution in [2.24, 2.45) is 5.92 Å². The van der Waals surface area contributed by atoms with E-state index in [-0.39, 0.29) is 6.04 Å².